The second-order valence-corrected chi connectivity index (χ2v) is 7.33. The maximum atomic E-state index is 13.2. The van der Waals surface area contributed by atoms with Crippen LogP contribution in [-0.4, -0.2) is 35.4 Å². The van der Waals surface area contributed by atoms with Gasteiger partial charge in [-0.2, -0.15) is 0 Å². The summed E-state index contributed by atoms with van der Waals surface area (Å²) in [5.74, 6) is -0.455. The van der Waals surface area contributed by atoms with Crippen molar-refractivity contribution in [2.24, 2.45) is 0 Å². The first kappa shape index (κ1) is 21.2. The summed E-state index contributed by atoms with van der Waals surface area (Å²) in [5.41, 5.74) is 4.84. The first-order valence-corrected chi connectivity index (χ1v) is 10.3. The van der Waals surface area contributed by atoms with E-state index in [1.54, 1.807) is 4.68 Å². The number of nitrogens with one attached hydrogen (secondary N) is 2. The van der Waals surface area contributed by atoms with Crippen molar-refractivity contribution in [3.8, 4) is 5.75 Å². The third-order valence-electron chi connectivity index (χ3n) is 5.15. The summed E-state index contributed by atoms with van der Waals surface area (Å²) in [4.78, 5) is 25.6. The Morgan fingerprint density at radius 2 is 1.75 bits per heavy atom. The Kier molecular flexibility index (Phi) is 6.26. The van der Waals surface area contributed by atoms with Gasteiger partial charge in [0.15, 0.2) is 6.04 Å². The van der Waals surface area contributed by atoms with Gasteiger partial charge in [0.1, 0.15) is 11.6 Å². The number of nitrogens with zero attached hydrogens (tertiary/aromatic N) is 1. The van der Waals surface area contributed by atoms with Crippen LogP contribution in [0.4, 0.5) is 4.39 Å². The van der Waals surface area contributed by atoms with Gasteiger partial charge in [0.25, 0.3) is 5.91 Å². The van der Waals surface area contributed by atoms with Crippen LogP contribution < -0.4 is 15.5 Å². The molecule has 0 aromatic heterocycles. The highest BCUT2D eigenvalue weighted by molar-refractivity contribution is 5.98. The molecule has 4 rings (SSSR count). The molecule has 7 heteroatoms. The van der Waals surface area contributed by atoms with Crippen LogP contribution in [0.5, 0.6) is 5.75 Å². The van der Waals surface area contributed by atoms with E-state index in [1.807, 2.05) is 67.7 Å². The fraction of sp³-hybridized carbons (Fsp3) is 0.160. The highest BCUT2D eigenvalue weighted by Crippen LogP contribution is 2.25. The Labute approximate surface area is 185 Å². The van der Waals surface area contributed by atoms with E-state index >= 15 is 0 Å². The molecule has 1 fully saturated rings. The second-order valence-electron chi connectivity index (χ2n) is 7.33. The average molecular weight is 432 g/mol. The van der Waals surface area contributed by atoms with Gasteiger partial charge in [-0.1, -0.05) is 30.3 Å². The maximum Gasteiger partial charge on any atom is 0.304 e. The number of hydrogen-bond donors (Lipinski definition) is 2. The zero-order valence-electron chi connectivity index (χ0n) is 17.5. The fourth-order valence-electron chi connectivity index (χ4n) is 3.63. The number of carbonyl (C=O) groups excluding carboxylic acids is 2. The van der Waals surface area contributed by atoms with E-state index in [0.717, 1.165) is 16.9 Å². The van der Waals surface area contributed by atoms with E-state index in [0.29, 0.717) is 6.61 Å². The van der Waals surface area contributed by atoms with Crippen LogP contribution in [0.15, 0.2) is 78.9 Å². The van der Waals surface area contributed by atoms with Crippen molar-refractivity contribution in [3.63, 3.8) is 0 Å². The zero-order valence-corrected chi connectivity index (χ0v) is 17.5. The van der Waals surface area contributed by atoms with E-state index in [2.05, 4.69) is 10.7 Å². The molecule has 0 bridgehead atoms. The SMILES string of the molecule is CCOc1ccc(/C=[N+]2\NC(=O)[C@H](NC(=O)c3ccc(F)cc3)[C@@H]2c2ccccc2)cc1. The van der Waals surface area contributed by atoms with Gasteiger partial charge in [0.2, 0.25) is 12.3 Å². The molecular weight excluding hydrogens is 409 g/mol. The van der Waals surface area contributed by atoms with Crippen LogP contribution in [0.2, 0.25) is 0 Å². The summed E-state index contributed by atoms with van der Waals surface area (Å²) in [6.07, 6.45) is 1.81. The highest BCUT2D eigenvalue weighted by atomic mass is 19.1. The average Bonchev–Trinajstić information content (AvgIpc) is 3.10. The Balaban J connectivity index is 1.64. The minimum atomic E-state index is -0.839. The van der Waals surface area contributed by atoms with Crippen molar-refractivity contribution in [2.75, 3.05) is 6.61 Å². The smallest absolute Gasteiger partial charge is 0.304 e. The Bertz CT molecular complexity index is 1130. The van der Waals surface area contributed by atoms with E-state index in [1.165, 1.54) is 24.3 Å². The second kappa shape index (κ2) is 9.43. The molecule has 1 heterocycles. The number of hydrazine groups is 1. The Hall–Kier alpha value is -4.00. The standard InChI is InChI=1S/C25H22FN3O3/c1-2-32-21-14-8-17(9-15-21)16-29-23(18-6-4-3-5-7-18)22(25(31)28-29)27-24(30)19-10-12-20(26)13-11-19/h3-16,22-23H,2H2,1H3,(H-,27,28,30,31)/p+1/b29-16-/t22-,23+/m1/s1. The lowest BCUT2D eigenvalue weighted by Gasteiger charge is -2.14. The molecule has 1 aliphatic rings. The molecule has 0 saturated carbocycles. The summed E-state index contributed by atoms with van der Waals surface area (Å²) >= 11 is 0. The summed E-state index contributed by atoms with van der Waals surface area (Å²) in [7, 11) is 0. The van der Waals surface area contributed by atoms with E-state index in [9.17, 15) is 14.0 Å². The summed E-state index contributed by atoms with van der Waals surface area (Å²) in [5, 5.41) is 2.80. The van der Waals surface area contributed by atoms with Crippen LogP contribution in [-0.2, 0) is 4.79 Å². The third kappa shape index (κ3) is 4.67. The predicted octanol–water partition coefficient (Wildman–Crippen LogP) is 3.24. The summed E-state index contributed by atoms with van der Waals surface area (Å²) in [6.45, 7) is 2.50. The van der Waals surface area contributed by atoms with Crippen LogP contribution in [0.25, 0.3) is 0 Å². The Morgan fingerprint density at radius 3 is 2.41 bits per heavy atom. The van der Waals surface area contributed by atoms with E-state index in [4.69, 9.17) is 4.74 Å². The van der Waals surface area contributed by atoms with Crippen molar-refractivity contribution in [1.82, 2.24) is 10.7 Å². The lowest BCUT2D eigenvalue weighted by atomic mass is 10.00. The van der Waals surface area contributed by atoms with Crippen LogP contribution in [0.1, 0.15) is 34.5 Å². The molecule has 0 aliphatic carbocycles. The van der Waals surface area contributed by atoms with Gasteiger partial charge in [0.05, 0.1) is 6.61 Å². The number of carbonyl (C=O) groups is 2. The molecule has 6 nitrogen and oxygen atoms in total. The van der Waals surface area contributed by atoms with Crippen LogP contribution in [0, 0.1) is 5.82 Å². The normalized spacial score (nSPS) is 18.9. The molecule has 3 aromatic carbocycles. The van der Waals surface area contributed by atoms with Gasteiger partial charge in [-0.05, 0) is 55.5 Å². The van der Waals surface area contributed by atoms with Gasteiger partial charge >= 0.3 is 5.91 Å². The van der Waals surface area contributed by atoms with Gasteiger partial charge in [-0.3, -0.25) is 9.59 Å². The Morgan fingerprint density at radius 1 is 1.06 bits per heavy atom. The fourth-order valence-corrected chi connectivity index (χ4v) is 3.63. The topological polar surface area (TPSA) is 70.4 Å². The number of halogens is 1. The van der Waals surface area contributed by atoms with Gasteiger partial charge in [0, 0.05) is 16.7 Å². The minimum Gasteiger partial charge on any atom is -0.494 e. The van der Waals surface area contributed by atoms with Gasteiger partial charge in [-0.25, -0.2) is 4.39 Å². The zero-order chi connectivity index (χ0) is 22.5. The minimum absolute atomic E-state index is 0.278. The molecule has 2 atom stereocenters. The molecule has 3 aromatic rings. The van der Waals surface area contributed by atoms with Crippen molar-refractivity contribution >= 4 is 18.0 Å². The first-order valence-electron chi connectivity index (χ1n) is 10.3. The number of amides is 2. The molecule has 2 amide bonds. The molecule has 0 spiro atoms. The maximum absolute atomic E-state index is 13.2. The van der Waals surface area contributed by atoms with Gasteiger partial charge in [-0.15, -0.1) is 10.1 Å². The lowest BCUT2D eigenvalue weighted by molar-refractivity contribution is -0.596. The molecule has 162 valence electrons. The molecular formula is C25H23FN3O3+. The number of hydrogen-bond acceptors (Lipinski definition) is 3. The summed E-state index contributed by atoms with van der Waals surface area (Å²) in [6, 6.07) is 20.9. The van der Waals surface area contributed by atoms with Crippen LogP contribution >= 0.6 is 0 Å². The van der Waals surface area contributed by atoms with Crippen molar-refractivity contribution < 1.29 is 23.4 Å². The first-order chi connectivity index (χ1) is 15.5. The van der Waals surface area contributed by atoms with Crippen molar-refractivity contribution in [3.05, 3.63) is 101 Å². The molecule has 2 N–H and O–H groups in total. The lowest BCUT2D eigenvalue weighted by Crippen LogP contribution is -2.42. The molecule has 1 saturated heterocycles. The molecule has 0 radical (unpaired) electrons. The number of hydrazone groups is 1. The number of rotatable bonds is 6. The van der Waals surface area contributed by atoms with E-state index < -0.39 is 23.8 Å². The highest BCUT2D eigenvalue weighted by Gasteiger charge is 2.47. The van der Waals surface area contributed by atoms with Crippen molar-refractivity contribution in [2.45, 2.75) is 19.0 Å². The van der Waals surface area contributed by atoms with Crippen molar-refractivity contribution in [1.29, 1.82) is 0 Å². The quantitative estimate of drug-likeness (QED) is 0.588. The number of benzene rings is 3. The largest absolute Gasteiger partial charge is 0.494 e. The summed E-state index contributed by atoms with van der Waals surface area (Å²) < 4.78 is 20.4. The molecule has 32 heavy (non-hydrogen) atoms. The van der Waals surface area contributed by atoms with Crippen LogP contribution in [0.3, 0.4) is 0 Å². The molecule has 0 unspecified atom stereocenters. The molecule has 1 aliphatic heterocycles. The van der Waals surface area contributed by atoms with Gasteiger partial charge < -0.3 is 10.1 Å². The third-order valence-corrected chi connectivity index (χ3v) is 5.15. The van der Waals surface area contributed by atoms with E-state index in [-0.39, 0.29) is 11.5 Å². The predicted molar refractivity (Wildman–Crippen MR) is 118 cm³/mol. The monoisotopic (exact) mass is 432 g/mol. The number of ether oxygens (including phenoxy) is 1.